The highest BCUT2D eigenvalue weighted by Gasteiger charge is 2.28. The Kier molecular flexibility index (Phi) is 2.96. The van der Waals surface area contributed by atoms with Gasteiger partial charge < -0.3 is 10.0 Å². The summed E-state index contributed by atoms with van der Waals surface area (Å²) in [5, 5.41) is 13.7. The molecule has 88 valence electrons. The average molecular weight is 223 g/mol. The zero-order valence-electron chi connectivity index (χ0n) is 9.63. The van der Waals surface area contributed by atoms with Crippen LogP contribution in [0, 0.1) is 5.92 Å². The number of hydrogen-bond donors (Lipinski definition) is 1. The number of piperidine rings is 1. The van der Waals surface area contributed by atoms with Gasteiger partial charge in [0.25, 0.3) is 5.91 Å². The maximum absolute atomic E-state index is 12.1. The van der Waals surface area contributed by atoms with Gasteiger partial charge in [0.15, 0.2) is 0 Å². The molecule has 16 heavy (non-hydrogen) atoms. The molecule has 5 heteroatoms. The summed E-state index contributed by atoms with van der Waals surface area (Å²) in [6.07, 6.45) is 2.05. The SMILES string of the molecule is CC1CCN(C(=O)c2ccnn2C)CC1O. The lowest BCUT2D eigenvalue weighted by Crippen LogP contribution is -2.46. The van der Waals surface area contributed by atoms with Crippen LogP contribution in [-0.4, -0.2) is 44.9 Å². The Hall–Kier alpha value is -1.36. The third-order valence-corrected chi connectivity index (χ3v) is 3.25. The summed E-state index contributed by atoms with van der Waals surface area (Å²) in [5.41, 5.74) is 0.571. The van der Waals surface area contributed by atoms with Gasteiger partial charge in [-0.25, -0.2) is 0 Å². The van der Waals surface area contributed by atoms with Gasteiger partial charge in [-0.3, -0.25) is 9.48 Å². The van der Waals surface area contributed by atoms with Crippen molar-refractivity contribution in [2.45, 2.75) is 19.4 Å². The van der Waals surface area contributed by atoms with Crippen LogP contribution < -0.4 is 0 Å². The molecule has 0 aliphatic carbocycles. The molecule has 0 radical (unpaired) electrons. The predicted octanol–water partition coefficient (Wildman–Crippen LogP) is 0.263. The first-order valence-electron chi connectivity index (χ1n) is 5.55. The normalized spacial score (nSPS) is 25.8. The van der Waals surface area contributed by atoms with Crippen molar-refractivity contribution in [3.8, 4) is 0 Å². The van der Waals surface area contributed by atoms with Crippen LogP contribution in [0.5, 0.6) is 0 Å². The molecule has 1 aliphatic rings. The minimum Gasteiger partial charge on any atom is -0.391 e. The zero-order valence-corrected chi connectivity index (χ0v) is 9.63. The van der Waals surface area contributed by atoms with E-state index in [1.807, 2.05) is 6.92 Å². The Morgan fingerprint density at radius 1 is 1.62 bits per heavy atom. The molecule has 1 aliphatic heterocycles. The Morgan fingerprint density at radius 2 is 2.38 bits per heavy atom. The maximum atomic E-state index is 12.1. The molecule has 1 aromatic heterocycles. The summed E-state index contributed by atoms with van der Waals surface area (Å²) in [6, 6.07) is 1.70. The molecular weight excluding hydrogens is 206 g/mol. The van der Waals surface area contributed by atoms with Gasteiger partial charge in [0.2, 0.25) is 0 Å². The first-order valence-corrected chi connectivity index (χ1v) is 5.55. The fourth-order valence-electron chi connectivity index (χ4n) is 1.98. The molecule has 1 aromatic rings. The number of aliphatic hydroxyl groups excluding tert-OH is 1. The lowest BCUT2D eigenvalue weighted by Gasteiger charge is -2.34. The maximum Gasteiger partial charge on any atom is 0.272 e. The smallest absolute Gasteiger partial charge is 0.272 e. The number of carbonyl (C=O) groups is 1. The molecular formula is C11H17N3O2. The fraction of sp³-hybridized carbons (Fsp3) is 0.636. The molecule has 1 saturated heterocycles. The number of aryl methyl sites for hydroxylation is 1. The first kappa shape index (κ1) is 11.1. The van der Waals surface area contributed by atoms with Crippen molar-refractivity contribution >= 4 is 5.91 Å². The van der Waals surface area contributed by atoms with Gasteiger partial charge in [0.05, 0.1) is 6.10 Å². The minimum atomic E-state index is -0.411. The average Bonchev–Trinajstić information content (AvgIpc) is 2.67. The van der Waals surface area contributed by atoms with E-state index in [0.717, 1.165) is 6.42 Å². The number of likely N-dealkylation sites (tertiary alicyclic amines) is 1. The number of amides is 1. The molecule has 2 atom stereocenters. The van der Waals surface area contributed by atoms with E-state index in [4.69, 9.17) is 0 Å². The standard InChI is InChI=1S/C11H17N3O2/c1-8-4-6-14(7-10(8)15)11(16)9-3-5-12-13(9)2/h3,5,8,10,15H,4,6-7H2,1-2H3. The molecule has 0 bridgehead atoms. The van der Waals surface area contributed by atoms with E-state index in [0.29, 0.717) is 18.8 Å². The van der Waals surface area contributed by atoms with Crippen LogP contribution in [0.3, 0.4) is 0 Å². The van der Waals surface area contributed by atoms with Crippen LogP contribution >= 0.6 is 0 Å². The summed E-state index contributed by atoms with van der Waals surface area (Å²) in [5.74, 6) is 0.224. The van der Waals surface area contributed by atoms with Gasteiger partial charge in [-0.15, -0.1) is 0 Å². The van der Waals surface area contributed by atoms with Crippen LogP contribution in [-0.2, 0) is 7.05 Å². The Morgan fingerprint density at radius 3 is 2.94 bits per heavy atom. The van der Waals surface area contributed by atoms with Crippen molar-refractivity contribution in [3.63, 3.8) is 0 Å². The van der Waals surface area contributed by atoms with Crippen molar-refractivity contribution in [1.29, 1.82) is 0 Å². The van der Waals surface area contributed by atoms with E-state index in [2.05, 4.69) is 5.10 Å². The van der Waals surface area contributed by atoms with Gasteiger partial charge >= 0.3 is 0 Å². The predicted molar refractivity (Wildman–Crippen MR) is 58.9 cm³/mol. The van der Waals surface area contributed by atoms with Gasteiger partial charge in [-0.1, -0.05) is 6.92 Å². The number of aliphatic hydroxyl groups is 1. The molecule has 2 heterocycles. The van der Waals surface area contributed by atoms with Gasteiger partial charge in [-0.2, -0.15) is 5.10 Å². The Labute approximate surface area is 94.7 Å². The second-order valence-corrected chi connectivity index (χ2v) is 4.42. The molecule has 2 unspecified atom stereocenters. The fourth-order valence-corrected chi connectivity index (χ4v) is 1.98. The summed E-state index contributed by atoms with van der Waals surface area (Å²) < 4.78 is 1.56. The highest BCUT2D eigenvalue weighted by molar-refractivity contribution is 5.92. The van der Waals surface area contributed by atoms with Crippen molar-refractivity contribution in [2.24, 2.45) is 13.0 Å². The first-order chi connectivity index (χ1) is 7.59. The summed E-state index contributed by atoms with van der Waals surface area (Å²) in [7, 11) is 1.75. The van der Waals surface area contributed by atoms with E-state index >= 15 is 0 Å². The molecule has 1 fully saturated rings. The van der Waals surface area contributed by atoms with E-state index < -0.39 is 6.10 Å². The molecule has 0 aromatic carbocycles. The van der Waals surface area contributed by atoms with Crippen LogP contribution in [0.1, 0.15) is 23.8 Å². The molecule has 0 saturated carbocycles. The van der Waals surface area contributed by atoms with Crippen LogP contribution in [0.15, 0.2) is 12.3 Å². The van der Waals surface area contributed by atoms with Crippen LogP contribution in [0.25, 0.3) is 0 Å². The largest absolute Gasteiger partial charge is 0.391 e. The van der Waals surface area contributed by atoms with E-state index in [1.54, 1.807) is 28.9 Å². The Balaban J connectivity index is 2.09. The monoisotopic (exact) mass is 223 g/mol. The highest BCUT2D eigenvalue weighted by atomic mass is 16.3. The third-order valence-electron chi connectivity index (χ3n) is 3.25. The molecule has 5 nitrogen and oxygen atoms in total. The van der Waals surface area contributed by atoms with Gasteiger partial charge in [-0.05, 0) is 18.4 Å². The summed E-state index contributed by atoms with van der Waals surface area (Å²) in [4.78, 5) is 13.8. The molecule has 1 N–H and O–H groups in total. The minimum absolute atomic E-state index is 0.0500. The number of rotatable bonds is 1. The van der Waals surface area contributed by atoms with Gasteiger partial charge in [0.1, 0.15) is 5.69 Å². The van der Waals surface area contributed by atoms with E-state index in [1.165, 1.54) is 0 Å². The lowest BCUT2D eigenvalue weighted by molar-refractivity contribution is 0.0242. The van der Waals surface area contributed by atoms with Crippen molar-refractivity contribution in [2.75, 3.05) is 13.1 Å². The van der Waals surface area contributed by atoms with Crippen molar-refractivity contribution in [3.05, 3.63) is 18.0 Å². The summed E-state index contributed by atoms with van der Waals surface area (Å²) in [6.45, 7) is 3.14. The number of aromatic nitrogens is 2. The number of carbonyl (C=O) groups excluding carboxylic acids is 1. The number of nitrogens with zero attached hydrogens (tertiary/aromatic N) is 3. The number of hydrogen-bond acceptors (Lipinski definition) is 3. The second kappa shape index (κ2) is 4.25. The van der Waals surface area contributed by atoms with Gasteiger partial charge in [0, 0.05) is 26.3 Å². The van der Waals surface area contributed by atoms with Crippen molar-refractivity contribution < 1.29 is 9.90 Å². The third kappa shape index (κ3) is 1.95. The van der Waals surface area contributed by atoms with Crippen molar-refractivity contribution in [1.82, 2.24) is 14.7 Å². The lowest BCUT2D eigenvalue weighted by atomic mass is 9.96. The Bertz CT molecular complexity index is 388. The van der Waals surface area contributed by atoms with Crippen LogP contribution in [0.4, 0.5) is 0 Å². The topological polar surface area (TPSA) is 58.4 Å². The van der Waals surface area contributed by atoms with Crippen LogP contribution in [0.2, 0.25) is 0 Å². The summed E-state index contributed by atoms with van der Waals surface area (Å²) >= 11 is 0. The second-order valence-electron chi connectivity index (χ2n) is 4.42. The molecule has 2 rings (SSSR count). The molecule has 1 amide bonds. The highest BCUT2D eigenvalue weighted by Crippen LogP contribution is 2.18. The van der Waals surface area contributed by atoms with E-state index in [9.17, 15) is 9.90 Å². The zero-order chi connectivity index (χ0) is 11.7. The molecule has 0 spiro atoms. The quantitative estimate of drug-likeness (QED) is 0.743. The van der Waals surface area contributed by atoms with E-state index in [-0.39, 0.29) is 11.8 Å². The number of β-amino-alcohol motifs (C(OH)–C–C–N with tert-alkyl or cyclic N) is 1.